The lowest BCUT2D eigenvalue weighted by Crippen LogP contribution is -2.59. The second-order valence-corrected chi connectivity index (χ2v) is 9.01. The third-order valence-corrected chi connectivity index (χ3v) is 6.38. The Bertz CT molecular complexity index is 465. The summed E-state index contributed by atoms with van der Waals surface area (Å²) in [6.45, 7) is 12.5. The summed E-state index contributed by atoms with van der Waals surface area (Å²) in [4.78, 5) is 9.38. The minimum Gasteiger partial charge on any atom is -0.379 e. The van der Waals surface area contributed by atoms with Crippen molar-refractivity contribution >= 4 is 29.9 Å². The zero-order valence-corrected chi connectivity index (χ0v) is 20.6. The van der Waals surface area contributed by atoms with Crippen molar-refractivity contribution in [3.63, 3.8) is 0 Å². The third-order valence-electron chi connectivity index (χ3n) is 6.38. The highest BCUT2D eigenvalue weighted by Crippen LogP contribution is 2.35. The van der Waals surface area contributed by atoms with Gasteiger partial charge in [0.2, 0.25) is 0 Å². The van der Waals surface area contributed by atoms with Crippen LogP contribution in [0.15, 0.2) is 4.99 Å². The Kier molecular flexibility index (Phi) is 10.3. The molecule has 2 aliphatic rings. The molecule has 2 N–H and O–H groups in total. The molecule has 2 rings (SSSR count). The van der Waals surface area contributed by atoms with Crippen LogP contribution in [-0.4, -0.2) is 87.4 Å². The fourth-order valence-electron chi connectivity index (χ4n) is 4.41. The highest BCUT2D eigenvalue weighted by molar-refractivity contribution is 14.0. The predicted octanol–water partition coefficient (Wildman–Crippen LogP) is 2.39. The fourth-order valence-corrected chi connectivity index (χ4v) is 4.41. The Morgan fingerprint density at radius 3 is 2.48 bits per heavy atom. The van der Waals surface area contributed by atoms with Gasteiger partial charge in [-0.15, -0.1) is 24.0 Å². The first-order valence-corrected chi connectivity index (χ1v) is 10.2. The van der Waals surface area contributed by atoms with Crippen molar-refractivity contribution in [3.8, 4) is 0 Å². The van der Waals surface area contributed by atoms with E-state index in [2.05, 4.69) is 60.3 Å². The molecule has 0 aromatic rings. The van der Waals surface area contributed by atoms with Crippen molar-refractivity contribution in [2.45, 2.75) is 57.5 Å². The van der Waals surface area contributed by atoms with Crippen LogP contribution < -0.4 is 10.6 Å². The van der Waals surface area contributed by atoms with Gasteiger partial charge in [-0.2, -0.15) is 0 Å². The van der Waals surface area contributed by atoms with Gasteiger partial charge in [0.05, 0.1) is 13.2 Å². The number of hydrogen-bond acceptors (Lipinski definition) is 4. The van der Waals surface area contributed by atoms with Crippen LogP contribution in [0.5, 0.6) is 0 Å². The molecule has 1 saturated carbocycles. The summed E-state index contributed by atoms with van der Waals surface area (Å²) < 4.78 is 5.49. The number of ether oxygens (including phenoxy) is 1. The summed E-state index contributed by atoms with van der Waals surface area (Å²) in [6.07, 6.45) is 5.18. The maximum absolute atomic E-state index is 5.49. The van der Waals surface area contributed by atoms with Crippen molar-refractivity contribution in [2.75, 3.05) is 60.5 Å². The van der Waals surface area contributed by atoms with E-state index >= 15 is 0 Å². The number of nitrogens with one attached hydrogen (secondary N) is 2. The van der Waals surface area contributed by atoms with Crippen LogP contribution in [0.1, 0.15) is 46.5 Å². The summed E-state index contributed by atoms with van der Waals surface area (Å²) in [5, 5.41) is 7.16. The van der Waals surface area contributed by atoms with Gasteiger partial charge in [0.1, 0.15) is 0 Å². The molecule has 0 aromatic carbocycles. The first kappa shape index (κ1) is 24.9. The molecule has 1 heterocycles. The van der Waals surface area contributed by atoms with E-state index in [0.717, 1.165) is 51.3 Å². The van der Waals surface area contributed by atoms with Crippen LogP contribution >= 0.6 is 24.0 Å². The zero-order valence-electron chi connectivity index (χ0n) is 18.3. The summed E-state index contributed by atoms with van der Waals surface area (Å²) in [7, 11) is 6.30. The topological polar surface area (TPSA) is 52.1 Å². The molecule has 6 nitrogen and oxygen atoms in total. The van der Waals surface area contributed by atoms with Gasteiger partial charge in [-0.3, -0.25) is 9.89 Å². The van der Waals surface area contributed by atoms with Crippen molar-refractivity contribution < 1.29 is 4.74 Å². The normalized spacial score (nSPS) is 28.0. The number of halogens is 1. The van der Waals surface area contributed by atoms with Gasteiger partial charge in [-0.1, -0.05) is 19.8 Å². The van der Waals surface area contributed by atoms with Crippen LogP contribution in [0.25, 0.3) is 0 Å². The monoisotopic (exact) mass is 495 g/mol. The predicted molar refractivity (Wildman–Crippen MR) is 125 cm³/mol. The Hall–Kier alpha value is -0.120. The van der Waals surface area contributed by atoms with Crippen LogP contribution in [-0.2, 0) is 4.74 Å². The SMILES string of the molecule is CN=C(NCC(C)(C)N1CCOCC1)NCC1(N(C)C)CCCC(C)C1.I. The molecule has 160 valence electrons. The Labute approximate surface area is 183 Å². The lowest BCUT2D eigenvalue weighted by atomic mass is 9.75. The number of guanidine groups is 1. The van der Waals surface area contributed by atoms with Gasteiger partial charge in [-0.25, -0.2) is 0 Å². The van der Waals surface area contributed by atoms with Gasteiger partial charge in [-0.05, 0) is 46.7 Å². The maximum Gasteiger partial charge on any atom is 0.191 e. The highest BCUT2D eigenvalue weighted by atomic mass is 127. The molecule has 2 fully saturated rings. The Morgan fingerprint density at radius 2 is 1.93 bits per heavy atom. The Balaban J connectivity index is 0.00000364. The average molecular weight is 495 g/mol. The second kappa shape index (κ2) is 11.2. The van der Waals surface area contributed by atoms with Gasteiger partial charge >= 0.3 is 0 Å². The molecule has 2 unspecified atom stereocenters. The van der Waals surface area contributed by atoms with E-state index < -0.39 is 0 Å². The van der Waals surface area contributed by atoms with E-state index in [1.54, 1.807) is 0 Å². The number of aliphatic imine (C=N–C) groups is 1. The van der Waals surface area contributed by atoms with Gasteiger partial charge < -0.3 is 20.3 Å². The molecule has 0 amide bonds. The molecular formula is C20H42IN5O. The van der Waals surface area contributed by atoms with Crippen molar-refractivity contribution in [1.82, 2.24) is 20.4 Å². The zero-order chi connectivity index (χ0) is 19.2. The summed E-state index contributed by atoms with van der Waals surface area (Å²) >= 11 is 0. The fraction of sp³-hybridized carbons (Fsp3) is 0.950. The molecule has 0 bridgehead atoms. The number of morpholine rings is 1. The van der Waals surface area contributed by atoms with E-state index in [9.17, 15) is 0 Å². The number of hydrogen-bond donors (Lipinski definition) is 2. The highest BCUT2D eigenvalue weighted by Gasteiger charge is 2.37. The molecule has 27 heavy (non-hydrogen) atoms. The molecular weight excluding hydrogens is 453 g/mol. The molecule has 1 saturated heterocycles. The largest absolute Gasteiger partial charge is 0.379 e. The van der Waals surface area contributed by atoms with Crippen molar-refractivity contribution in [1.29, 1.82) is 0 Å². The Morgan fingerprint density at radius 1 is 1.26 bits per heavy atom. The number of nitrogens with zero attached hydrogens (tertiary/aromatic N) is 3. The van der Waals surface area contributed by atoms with E-state index in [4.69, 9.17) is 4.74 Å². The standard InChI is InChI=1S/C20H41N5O.HI/c1-17-8-7-9-20(14-17,24(5)6)16-23-18(21-4)22-15-19(2,3)25-10-12-26-13-11-25;/h17H,7-16H2,1-6H3,(H2,21,22,23);1H. The molecule has 0 radical (unpaired) electrons. The average Bonchev–Trinajstić information content (AvgIpc) is 2.62. The summed E-state index contributed by atoms with van der Waals surface area (Å²) in [6, 6.07) is 0. The van der Waals surface area contributed by atoms with Crippen LogP contribution in [0.4, 0.5) is 0 Å². The quantitative estimate of drug-likeness (QED) is 0.337. The molecule has 1 aliphatic heterocycles. The summed E-state index contributed by atoms with van der Waals surface area (Å²) in [5.74, 6) is 1.70. The minimum atomic E-state index is 0. The maximum atomic E-state index is 5.49. The number of rotatable bonds is 6. The smallest absolute Gasteiger partial charge is 0.191 e. The minimum absolute atomic E-state index is 0. The first-order chi connectivity index (χ1) is 12.3. The van der Waals surface area contributed by atoms with E-state index in [-0.39, 0.29) is 35.1 Å². The lowest BCUT2D eigenvalue weighted by Gasteiger charge is -2.45. The van der Waals surface area contributed by atoms with Gasteiger partial charge in [0.15, 0.2) is 5.96 Å². The molecule has 1 aliphatic carbocycles. The number of likely N-dealkylation sites (N-methyl/N-ethyl adjacent to an activating group) is 1. The van der Waals surface area contributed by atoms with E-state index in [1.807, 2.05) is 7.05 Å². The molecule has 0 spiro atoms. The first-order valence-electron chi connectivity index (χ1n) is 10.2. The summed E-state index contributed by atoms with van der Waals surface area (Å²) in [5.41, 5.74) is 0.314. The molecule has 7 heteroatoms. The van der Waals surface area contributed by atoms with E-state index in [1.165, 1.54) is 25.7 Å². The van der Waals surface area contributed by atoms with Crippen LogP contribution in [0, 0.1) is 5.92 Å². The van der Waals surface area contributed by atoms with Crippen LogP contribution in [0.3, 0.4) is 0 Å². The van der Waals surface area contributed by atoms with Crippen molar-refractivity contribution in [2.24, 2.45) is 10.9 Å². The van der Waals surface area contributed by atoms with Crippen molar-refractivity contribution in [3.05, 3.63) is 0 Å². The van der Waals surface area contributed by atoms with Gasteiger partial charge in [0.25, 0.3) is 0 Å². The van der Waals surface area contributed by atoms with E-state index in [0.29, 0.717) is 0 Å². The van der Waals surface area contributed by atoms with Crippen LogP contribution in [0.2, 0.25) is 0 Å². The third kappa shape index (κ3) is 7.01. The second-order valence-electron chi connectivity index (χ2n) is 9.01. The lowest BCUT2D eigenvalue weighted by molar-refractivity contribution is -0.00836. The molecule has 2 atom stereocenters. The van der Waals surface area contributed by atoms with Gasteiger partial charge in [0, 0.05) is 44.3 Å². The molecule has 0 aromatic heterocycles.